The third-order valence-electron chi connectivity index (χ3n) is 6.60. The molecule has 0 fully saturated rings. The summed E-state index contributed by atoms with van der Waals surface area (Å²) in [5.74, 6) is -3.68. The number of carbonyl (C=O) groups excluding carboxylic acids is 2. The Labute approximate surface area is 242 Å². The average Bonchev–Trinajstić information content (AvgIpc) is 2.96. The fourth-order valence-corrected chi connectivity index (χ4v) is 4.70. The van der Waals surface area contributed by atoms with Crippen LogP contribution in [0.5, 0.6) is 5.75 Å². The summed E-state index contributed by atoms with van der Waals surface area (Å²) in [6.07, 6.45) is -3.99. The summed E-state index contributed by atoms with van der Waals surface area (Å²) >= 11 is 6.04. The van der Waals surface area contributed by atoms with Crippen molar-refractivity contribution in [3.8, 4) is 16.9 Å². The van der Waals surface area contributed by atoms with Crippen LogP contribution in [0.1, 0.15) is 37.9 Å². The summed E-state index contributed by atoms with van der Waals surface area (Å²) in [5, 5.41) is 9.18. The molecule has 1 unspecified atom stereocenters. The van der Waals surface area contributed by atoms with Gasteiger partial charge in [-0.15, -0.1) is 0 Å². The van der Waals surface area contributed by atoms with Crippen LogP contribution in [0.4, 0.5) is 13.2 Å². The molecule has 0 aliphatic carbocycles. The van der Waals surface area contributed by atoms with Crippen molar-refractivity contribution >= 4 is 29.1 Å². The topological polar surface area (TPSA) is 103 Å². The quantitative estimate of drug-likeness (QED) is 0.218. The predicted molar refractivity (Wildman–Crippen MR) is 149 cm³/mol. The number of hydrogen-bond acceptors (Lipinski definition) is 5. The maximum atomic E-state index is 13.6. The third-order valence-corrected chi connectivity index (χ3v) is 6.83. The lowest BCUT2D eigenvalue weighted by Crippen LogP contribution is -2.32. The molecule has 1 heterocycles. The van der Waals surface area contributed by atoms with Gasteiger partial charge in [-0.05, 0) is 47.0 Å². The van der Waals surface area contributed by atoms with Gasteiger partial charge in [0.2, 0.25) is 0 Å². The van der Waals surface area contributed by atoms with Crippen molar-refractivity contribution in [3.63, 3.8) is 0 Å². The van der Waals surface area contributed by atoms with Gasteiger partial charge in [-0.2, -0.15) is 13.2 Å². The molecule has 0 saturated carbocycles. The number of hydrogen-bond donors (Lipinski definition) is 1. The number of aromatic carboxylic acids is 1. The first-order valence-electron chi connectivity index (χ1n) is 12.5. The van der Waals surface area contributed by atoms with Crippen molar-refractivity contribution in [2.75, 3.05) is 7.11 Å². The van der Waals surface area contributed by atoms with E-state index in [2.05, 4.69) is 0 Å². The van der Waals surface area contributed by atoms with Crippen molar-refractivity contribution in [2.24, 2.45) is 0 Å². The zero-order valence-electron chi connectivity index (χ0n) is 22.0. The summed E-state index contributed by atoms with van der Waals surface area (Å²) in [6.45, 7) is 0. The summed E-state index contributed by atoms with van der Waals surface area (Å²) in [5.41, 5.74) is -0.503. The molecule has 216 valence electrons. The number of benzene rings is 3. The van der Waals surface area contributed by atoms with Gasteiger partial charge in [0, 0.05) is 35.1 Å². The molecule has 0 saturated heterocycles. The van der Waals surface area contributed by atoms with E-state index in [0.717, 1.165) is 34.4 Å². The van der Waals surface area contributed by atoms with Crippen molar-refractivity contribution < 1.29 is 37.4 Å². The molecule has 4 aromatic rings. The number of methoxy groups -OCH3 is 1. The van der Waals surface area contributed by atoms with Gasteiger partial charge in [-0.3, -0.25) is 14.4 Å². The molecule has 1 N–H and O–H groups in total. The Morgan fingerprint density at radius 1 is 0.929 bits per heavy atom. The normalized spacial score (nSPS) is 12.0. The number of carbonyl (C=O) groups is 3. The minimum Gasteiger partial charge on any atom is -0.495 e. The van der Waals surface area contributed by atoms with Crippen LogP contribution < -0.4 is 10.3 Å². The maximum Gasteiger partial charge on any atom is 0.454 e. The first kappa shape index (κ1) is 30.3. The molecule has 1 aromatic heterocycles. The van der Waals surface area contributed by atoms with E-state index in [4.69, 9.17) is 21.4 Å². The highest BCUT2D eigenvalue weighted by Gasteiger charge is 2.41. The van der Waals surface area contributed by atoms with Crippen LogP contribution in [0.2, 0.25) is 5.02 Å². The number of ketones is 2. The third kappa shape index (κ3) is 6.77. The lowest BCUT2D eigenvalue weighted by atomic mass is 9.95. The van der Waals surface area contributed by atoms with Crippen molar-refractivity contribution in [1.29, 1.82) is 0 Å². The largest absolute Gasteiger partial charge is 0.495 e. The number of Topliss-reactive ketones (excluding diaryl/α,β-unsaturated/α-hetero) is 2. The van der Waals surface area contributed by atoms with Crippen LogP contribution in [-0.4, -0.2) is 40.5 Å². The minimum absolute atomic E-state index is 0.0287. The van der Waals surface area contributed by atoms with E-state index in [1.165, 1.54) is 37.6 Å². The zero-order valence-corrected chi connectivity index (χ0v) is 22.8. The summed E-state index contributed by atoms with van der Waals surface area (Å²) in [7, 11) is 1.24. The number of carboxylic acids is 1. The molecule has 42 heavy (non-hydrogen) atoms. The van der Waals surface area contributed by atoms with Gasteiger partial charge in [0.25, 0.3) is 11.3 Å². The fourth-order valence-electron chi connectivity index (χ4n) is 4.52. The van der Waals surface area contributed by atoms with E-state index in [9.17, 15) is 32.3 Å². The Bertz CT molecular complexity index is 1700. The number of alkyl halides is 3. The smallest absolute Gasteiger partial charge is 0.454 e. The first-order valence-corrected chi connectivity index (χ1v) is 12.9. The lowest BCUT2D eigenvalue weighted by molar-refractivity contribution is -0.121. The molecule has 7 nitrogen and oxygen atoms in total. The van der Waals surface area contributed by atoms with Gasteiger partial charge < -0.3 is 14.4 Å². The zero-order chi connectivity index (χ0) is 30.6. The first-order chi connectivity index (χ1) is 19.9. The fraction of sp³-hybridized carbons (Fsp3) is 0.161. The second-order valence-electron chi connectivity index (χ2n) is 9.37. The number of rotatable bonds is 10. The second-order valence-corrected chi connectivity index (χ2v) is 9.80. The van der Waals surface area contributed by atoms with Crippen LogP contribution in [0.25, 0.3) is 11.1 Å². The molecule has 0 radical (unpaired) electrons. The van der Waals surface area contributed by atoms with Gasteiger partial charge in [0.1, 0.15) is 5.75 Å². The molecule has 0 aliphatic rings. The molecule has 4 rings (SSSR count). The number of pyridine rings is 1. The maximum absolute atomic E-state index is 13.6. The Morgan fingerprint density at radius 2 is 1.60 bits per heavy atom. The van der Waals surface area contributed by atoms with Crippen LogP contribution >= 0.6 is 11.6 Å². The van der Waals surface area contributed by atoms with Gasteiger partial charge in [-0.25, -0.2) is 4.79 Å². The molecule has 0 amide bonds. The van der Waals surface area contributed by atoms with E-state index >= 15 is 0 Å². The van der Waals surface area contributed by atoms with Crippen molar-refractivity contribution in [3.05, 3.63) is 123 Å². The minimum atomic E-state index is -5.18. The molecule has 3 aromatic carbocycles. The number of carboxylic acid groups (broad SMARTS) is 1. The van der Waals surface area contributed by atoms with Crippen LogP contribution in [0.3, 0.4) is 0 Å². The lowest BCUT2D eigenvalue weighted by Gasteiger charge is -2.22. The van der Waals surface area contributed by atoms with Gasteiger partial charge in [0.05, 0.1) is 24.9 Å². The Balaban J connectivity index is 1.81. The SMILES string of the molecule is COc1cn(C(Cc2ccccc2)C(=O)Cc2ccc(C(=O)O)cc2)c(=O)cc1-c1cc(Cl)ccc1C(=O)C(F)(F)F. The van der Waals surface area contributed by atoms with E-state index in [1.54, 1.807) is 30.3 Å². The van der Waals surface area contributed by atoms with E-state index in [-0.39, 0.29) is 46.1 Å². The molecular weight excluding hydrogens is 575 g/mol. The number of nitrogens with zero attached hydrogens (tertiary/aromatic N) is 1. The highest BCUT2D eigenvalue weighted by molar-refractivity contribution is 6.31. The summed E-state index contributed by atoms with van der Waals surface area (Å²) in [4.78, 5) is 50.5. The molecule has 0 bridgehead atoms. The van der Waals surface area contributed by atoms with E-state index in [0.29, 0.717) is 5.56 Å². The average molecular weight is 598 g/mol. The summed E-state index contributed by atoms with van der Waals surface area (Å²) < 4.78 is 46.6. The molecule has 1 atom stereocenters. The van der Waals surface area contributed by atoms with E-state index in [1.807, 2.05) is 0 Å². The molecule has 0 aliphatic heterocycles. The second kappa shape index (κ2) is 12.4. The van der Waals surface area contributed by atoms with Gasteiger partial charge in [0.15, 0.2) is 5.78 Å². The van der Waals surface area contributed by atoms with Crippen LogP contribution in [-0.2, 0) is 17.6 Å². The predicted octanol–water partition coefficient (Wildman–Crippen LogP) is 6.22. The highest BCUT2D eigenvalue weighted by Crippen LogP contribution is 2.36. The van der Waals surface area contributed by atoms with Crippen LogP contribution in [0.15, 0.2) is 89.9 Å². The summed E-state index contributed by atoms with van der Waals surface area (Å²) in [6, 6.07) is 17.8. The number of halogens is 4. The van der Waals surface area contributed by atoms with Gasteiger partial charge in [-0.1, -0.05) is 54.1 Å². The Kier molecular flexibility index (Phi) is 8.96. The Hall–Kier alpha value is -4.70. The molecule has 0 spiro atoms. The van der Waals surface area contributed by atoms with Crippen molar-refractivity contribution in [1.82, 2.24) is 4.57 Å². The van der Waals surface area contributed by atoms with Crippen molar-refractivity contribution in [2.45, 2.75) is 25.1 Å². The standard InChI is InChI=1S/C31H23ClF3NO6/c1-42-27-17-36(28(38)16-24(27)23-15-21(32)11-12-22(23)29(39)31(33,34)35)25(13-18-5-3-2-4-6-18)26(37)14-19-7-9-20(10-8-19)30(40)41/h2-12,15-17,25H,13-14H2,1H3,(H,40,41). The Morgan fingerprint density at radius 3 is 2.19 bits per heavy atom. The number of ether oxygens (including phenoxy) is 1. The molecule has 11 heteroatoms. The van der Waals surface area contributed by atoms with Gasteiger partial charge >= 0.3 is 12.1 Å². The highest BCUT2D eigenvalue weighted by atomic mass is 35.5. The van der Waals surface area contributed by atoms with Crippen LogP contribution in [0, 0.1) is 0 Å². The monoisotopic (exact) mass is 597 g/mol. The number of aromatic nitrogens is 1. The molecular formula is C31H23ClF3NO6. The van der Waals surface area contributed by atoms with E-state index < -0.39 is 35.1 Å².